The molecule has 2 aliphatic heterocycles. The molecular formula is C25H38N4S. The van der Waals surface area contributed by atoms with E-state index in [2.05, 4.69) is 89.1 Å². The van der Waals surface area contributed by atoms with Crippen LogP contribution >= 0.6 is 11.9 Å². The summed E-state index contributed by atoms with van der Waals surface area (Å²) in [5.41, 5.74) is 4.23. The van der Waals surface area contributed by atoms with Gasteiger partial charge in [0.25, 0.3) is 0 Å². The number of nitrogens with zero attached hydrogens (tertiary/aromatic N) is 2. The lowest BCUT2D eigenvalue weighted by Crippen LogP contribution is -2.43. The van der Waals surface area contributed by atoms with E-state index in [4.69, 9.17) is 0 Å². The molecule has 0 unspecified atom stereocenters. The Morgan fingerprint density at radius 3 is 2.10 bits per heavy atom. The summed E-state index contributed by atoms with van der Waals surface area (Å²) >= 11 is 1.88. The second kappa shape index (κ2) is 12.4. The largest absolute Gasteiger partial charge is 0.369 e. The molecule has 2 heterocycles. The van der Waals surface area contributed by atoms with Crippen LogP contribution in [0, 0.1) is 0 Å². The Hall–Kier alpha value is -1.53. The molecule has 2 aliphatic rings. The SMILES string of the molecule is CC(C)c1cccc(N2CCNCC2)c1.CCc1ccc(SN2CCNCC2)cc1. The van der Waals surface area contributed by atoms with Crippen molar-refractivity contribution in [3.8, 4) is 0 Å². The number of benzene rings is 2. The highest BCUT2D eigenvalue weighted by Crippen LogP contribution is 2.23. The Balaban J connectivity index is 0.000000171. The Labute approximate surface area is 187 Å². The van der Waals surface area contributed by atoms with Gasteiger partial charge in [-0.15, -0.1) is 0 Å². The fraction of sp³-hybridized carbons (Fsp3) is 0.520. The third-order valence-corrected chi connectivity index (χ3v) is 6.77. The zero-order chi connectivity index (χ0) is 21.2. The first-order valence-corrected chi connectivity index (χ1v) is 12.2. The maximum Gasteiger partial charge on any atom is 0.0369 e. The molecule has 4 nitrogen and oxygen atoms in total. The average molecular weight is 427 g/mol. The van der Waals surface area contributed by atoms with Crippen molar-refractivity contribution in [2.24, 2.45) is 0 Å². The van der Waals surface area contributed by atoms with Crippen LogP contribution in [-0.4, -0.2) is 56.7 Å². The number of nitrogens with one attached hydrogen (secondary N) is 2. The van der Waals surface area contributed by atoms with E-state index < -0.39 is 0 Å². The summed E-state index contributed by atoms with van der Waals surface area (Å²) in [7, 11) is 0. The summed E-state index contributed by atoms with van der Waals surface area (Å²) < 4.78 is 2.43. The Kier molecular flexibility index (Phi) is 9.53. The van der Waals surface area contributed by atoms with Gasteiger partial charge in [0.1, 0.15) is 0 Å². The van der Waals surface area contributed by atoms with E-state index >= 15 is 0 Å². The van der Waals surface area contributed by atoms with Crippen molar-refractivity contribution in [2.75, 3.05) is 57.3 Å². The van der Waals surface area contributed by atoms with E-state index in [-0.39, 0.29) is 0 Å². The van der Waals surface area contributed by atoms with E-state index in [0.29, 0.717) is 5.92 Å². The summed E-state index contributed by atoms with van der Waals surface area (Å²) in [4.78, 5) is 3.82. The lowest BCUT2D eigenvalue weighted by Gasteiger charge is -2.30. The van der Waals surface area contributed by atoms with E-state index in [1.54, 1.807) is 0 Å². The molecule has 5 heteroatoms. The first-order chi connectivity index (χ1) is 14.7. The first-order valence-electron chi connectivity index (χ1n) is 11.4. The maximum atomic E-state index is 3.38. The van der Waals surface area contributed by atoms with Crippen LogP contribution in [0.15, 0.2) is 53.4 Å². The molecule has 0 amide bonds. The molecule has 30 heavy (non-hydrogen) atoms. The minimum atomic E-state index is 0.618. The van der Waals surface area contributed by atoms with Crippen molar-refractivity contribution in [1.82, 2.24) is 14.9 Å². The number of aryl methyl sites for hydroxylation is 1. The maximum absolute atomic E-state index is 3.38. The number of rotatable bonds is 5. The highest BCUT2D eigenvalue weighted by Gasteiger charge is 2.11. The lowest BCUT2D eigenvalue weighted by molar-refractivity contribution is 0.396. The molecule has 0 atom stereocenters. The van der Waals surface area contributed by atoms with Gasteiger partial charge in [0.15, 0.2) is 0 Å². The molecule has 2 fully saturated rings. The summed E-state index contributed by atoms with van der Waals surface area (Å²) in [6, 6.07) is 17.8. The van der Waals surface area contributed by atoms with E-state index in [1.165, 1.54) is 21.7 Å². The first kappa shape index (κ1) is 23.1. The molecule has 0 saturated carbocycles. The van der Waals surface area contributed by atoms with Crippen LogP contribution in [0.5, 0.6) is 0 Å². The fourth-order valence-corrected chi connectivity index (χ4v) is 4.60. The highest BCUT2D eigenvalue weighted by atomic mass is 32.2. The van der Waals surface area contributed by atoms with Gasteiger partial charge in [-0.1, -0.05) is 45.0 Å². The molecule has 2 saturated heterocycles. The Morgan fingerprint density at radius 1 is 0.867 bits per heavy atom. The predicted octanol–water partition coefficient (Wildman–Crippen LogP) is 4.38. The number of hydrogen-bond donors (Lipinski definition) is 2. The molecule has 0 aliphatic carbocycles. The van der Waals surface area contributed by atoms with E-state index in [9.17, 15) is 0 Å². The van der Waals surface area contributed by atoms with Crippen molar-refractivity contribution in [3.63, 3.8) is 0 Å². The van der Waals surface area contributed by atoms with Crippen LogP contribution in [0.3, 0.4) is 0 Å². The third-order valence-electron chi connectivity index (χ3n) is 5.66. The van der Waals surface area contributed by atoms with E-state index in [1.807, 2.05) is 11.9 Å². The summed E-state index contributed by atoms with van der Waals surface area (Å²) in [6.07, 6.45) is 1.12. The van der Waals surface area contributed by atoms with Crippen LogP contribution in [0.25, 0.3) is 0 Å². The van der Waals surface area contributed by atoms with Gasteiger partial charge in [-0.25, -0.2) is 4.31 Å². The summed E-state index contributed by atoms with van der Waals surface area (Å²) in [5, 5.41) is 6.74. The fourth-order valence-electron chi connectivity index (χ4n) is 3.67. The number of hydrogen-bond acceptors (Lipinski definition) is 5. The second-order valence-corrected chi connectivity index (χ2v) is 9.42. The van der Waals surface area contributed by atoms with Gasteiger partial charge in [-0.2, -0.15) is 0 Å². The normalized spacial score (nSPS) is 17.5. The van der Waals surface area contributed by atoms with Gasteiger partial charge in [0, 0.05) is 62.9 Å². The van der Waals surface area contributed by atoms with Crippen LogP contribution in [0.2, 0.25) is 0 Å². The molecule has 0 aromatic heterocycles. The van der Waals surface area contributed by atoms with Crippen molar-refractivity contribution in [1.29, 1.82) is 0 Å². The molecule has 2 aromatic rings. The molecule has 0 spiro atoms. The molecular weight excluding hydrogens is 388 g/mol. The second-order valence-electron chi connectivity index (χ2n) is 8.25. The molecule has 2 N–H and O–H groups in total. The van der Waals surface area contributed by atoms with Crippen LogP contribution in [0.1, 0.15) is 37.8 Å². The molecule has 4 rings (SSSR count). The average Bonchev–Trinajstić information content (AvgIpc) is 2.81. The minimum absolute atomic E-state index is 0.618. The number of piperazine rings is 2. The molecule has 164 valence electrons. The Morgan fingerprint density at radius 2 is 1.50 bits per heavy atom. The molecule has 0 radical (unpaired) electrons. The molecule has 0 bridgehead atoms. The van der Waals surface area contributed by atoms with Gasteiger partial charge >= 0.3 is 0 Å². The van der Waals surface area contributed by atoms with Crippen molar-refractivity contribution < 1.29 is 0 Å². The van der Waals surface area contributed by atoms with Gasteiger partial charge in [0.05, 0.1) is 0 Å². The zero-order valence-corrected chi connectivity index (χ0v) is 19.7. The smallest absolute Gasteiger partial charge is 0.0369 e. The third kappa shape index (κ3) is 7.31. The van der Waals surface area contributed by atoms with Crippen molar-refractivity contribution >= 4 is 17.6 Å². The number of anilines is 1. The quantitative estimate of drug-likeness (QED) is 0.693. The topological polar surface area (TPSA) is 30.5 Å². The van der Waals surface area contributed by atoms with Crippen LogP contribution in [0.4, 0.5) is 5.69 Å². The zero-order valence-electron chi connectivity index (χ0n) is 18.9. The monoisotopic (exact) mass is 426 g/mol. The van der Waals surface area contributed by atoms with Crippen molar-refractivity contribution in [2.45, 2.75) is 38.0 Å². The highest BCUT2D eigenvalue weighted by molar-refractivity contribution is 7.97. The van der Waals surface area contributed by atoms with Crippen LogP contribution < -0.4 is 15.5 Å². The van der Waals surface area contributed by atoms with Gasteiger partial charge < -0.3 is 15.5 Å². The Bertz CT molecular complexity index is 735. The van der Waals surface area contributed by atoms with Gasteiger partial charge in [-0.05, 0) is 59.7 Å². The summed E-state index contributed by atoms with van der Waals surface area (Å²) in [5.74, 6) is 0.618. The van der Waals surface area contributed by atoms with Crippen molar-refractivity contribution in [3.05, 3.63) is 59.7 Å². The lowest BCUT2D eigenvalue weighted by atomic mass is 10.0. The summed E-state index contributed by atoms with van der Waals surface area (Å²) in [6.45, 7) is 15.6. The predicted molar refractivity (Wildman–Crippen MR) is 132 cm³/mol. The van der Waals surface area contributed by atoms with Gasteiger partial charge in [-0.3, -0.25) is 0 Å². The minimum Gasteiger partial charge on any atom is -0.369 e. The standard InChI is InChI=1S/C13H20N2.C12H18N2S/c1-11(2)12-4-3-5-13(10-12)15-8-6-14-7-9-15;1-2-11-3-5-12(6-4-11)15-14-9-7-13-8-10-14/h3-5,10-11,14H,6-9H2,1-2H3;3-6,13H,2,7-10H2,1H3. The van der Waals surface area contributed by atoms with Crippen LogP contribution in [-0.2, 0) is 6.42 Å². The van der Waals surface area contributed by atoms with E-state index in [0.717, 1.165) is 58.8 Å². The molecule has 2 aromatic carbocycles. The van der Waals surface area contributed by atoms with Gasteiger partial charge in [0.2, 0.25) is 0 Å².